The number of methoxy groups -OCH3 is 3. The number of rotatable bonds is 11. The maximum Gasteiger partial charge on any atom is 0.263 e. The van der Waals surface area contributed by atoms with Crippen molar-refractivity contribution in [2.24, 2.45) is 0 Å². The van der Waals surface area contributed by atoms with Gasteiger partial charge in [0.05, 0.1) is 33.1 Å². The minimum atomic E-state index is -3.97. The average Bonchev–Trinajstić information content (AvgIpc) is 3.31. The maximum atomic E-state index is 14.0. The highest BCUT2D eigenvalue weighted by Crippen LogP contribution is 2.36. The maximum absolute atomic E-state index is 14.0. The quantitative estimate of drug-likeness (QED) is 0.384. The van der Waals surface area contributed by atoms with E-state index in [0.29, 0.717) is 30.4 Å². The van der Waals surface area contributed by atoms with E-state index >= 15 is 0 Å². The minimum Gasteiger partial charge on any atom is -0.497 e. The van der Waals surface area contributed by atoms with Crippen LogP contribution in [-0.2, 0) is 38.2 Å². The van der Waals surface area contributed by atoms with Gasteiger partial charge in [-0.2, -0.15) is 9.40 Å². The van der Waals surface area contributed by atoms with E-state index in [4.69, 9.17) is 18.9 Å². The Morgan fingerprint density at radius 1 is 0.944 bits per heavy atom. The van der Waals surface area contributed by atoms with E-state index in [-0.39, 0.29) is 24.2 Å². The molecular formula is C26H33N3O6S. The van der Waals surface area contributed by atoms with Gasteiger partial charge in [0, 0.05) is 32.3 Å². The van der Waals surface area contributed by atoms with Crippen LogP contribution in [0.15, 0.2) is 59.6 Å². The van der Waals surface area contributed by atoms with Gasteiger partial charge < -0.3 is 18.9 Å². The first-order chi connectivity index (χ1) is 17.2. The van der Waals surface area contributed by atoms with E-state index in [1.54, 1.807) is 32.1 Å². The number of aromatic nitrogens is 2. The van der Waals surface area contributed by atoms with Crippen molar-refractivity contribution in [1.82, 2.24) is 14.1 Å². The molecule has 1 aromatic heterocycles. The Hall–Kier alpha value is -2.92. The zero-order chi connectivity index (χ0) is 25.9. The Bertz CT molecular complexity index is 1210. The molecule has 2 heterocycles. The molecule has 0 atom stereocenters. The third kappa shape index (κ3) is 5.12. The summed E-state index contributed by atoms with van der Waals surface area (Å²) in [6.07, 6.45) is 0. The van der Waals surface area contributed by atoms with Crippen molar-refractivity contribution in [3.8, 4) is 11.5 Å². The first kappa shape index (κ1) is 26.2. The average molecular weight is 516 g/mol. The van der Waals surface area contributed by atoms with E-state index in [0.717, 1.165) is 11.1 Å². The summed E-state index contributed by atoms with van der Waals surface area (Å²) in [6.45, 7) is 4.96. The summed E-state index contributed by atoms with van der Waals surface area (Å²) in [6, 6.07) is 16.3. The minimum absolute atomic E-state index is 0.0171. The Balaban J connectivity index is 1.73. The van der Waals surface area contributed by atoms with Gasteiger partial charge in [0.15, 0.2) is 10.6 Å². The molecule has 10 heteroatoms. The van der Waals surface area contributed by atoms with E-state index < -0.39 is 15.6 Å². The number of ether oxygens (including phenoxy) is 4. The van der Waals surface area contributed by atoms with Crippen molar-refractivity contribution in [2.45, 2.75) is 43.6 Å². The smallest absolute Gasteiger partial charge is 0.263 e. The molecule has 0 unspecified atom stereocenters. The fraction of sp³-hybridized carbons (Fsp3) is 0.423. The molecule has 0 bridgehead atoms. The van der Waals surface area contributed by atoms with Crippen LogP contribution < -0.4 is 9.47 Å². The van der Waals surface area contributed by atoms with Crippen molar-refractivity contribution in [3.05, 3.63) is 71.4 Å². The molecule has 2 aromatic carbocycles. The highest BCUT2D eigenvalue weighted by Gasteiger charge is 2.45. The molecule has 1 aliphatic rings. The largest absolute Gasteiger partial charge is 0.497 e. The SMILES string of the molecule is COc1ccc(CN(Cc2ccc(OC)cc2)S(=O)(=O)c2cc(C3(OC)COC3)n(C(C)C)n2)cc1. The van der Waals surface area contributed by atoms with Gasteiger partial charge in [-0.3, -0.25) is 4.68 Å². The van der Waals surface area contributed by atoms with Gasteiger partial charge in [-0.1, -0.05) is 24.3 Å². The normalized spacial score (nSPS) is 15.2. The molecule has 3 aromatic rings. The zero-order valence-corrected chi connectivity index (χ0v) is 22.1. The van der Waals surface area contributed by atoms with E-state index in [9.17, 15) is 8.42 Å². The molecular weight excluding hydrogens is 482 g/mol. The Labute approximate surface area is 212 Å². The van der Waals surface area contributed by atoms with Gasteiger partial charge in [-0.05, 0) is 49.2 Å². The van der Waals surface area contributed by atoms with Crippen LogP contribution in [0.5, 0.6) is 11.5 Å². The number of sulfonamides is 1. The van der Waals surface area contributed by atoms with Crippen LogP contribution >= 0.6 is 0 Å². The predicted octanol–water partition coefficient (Wildman–Crippen LogP) is 3.74. The third-order valence-electron chi connectivity index (χ3n) is 6.37. The molecule has 36 heavy (non-hydrogen) atoms. The van der Waals surface area contributed by atoms with Crippen LogP contribution in [0.3, 0.4) is 0 Å². The Kier molecular flexibility index (Phi) is 7.70. The second kappa shape index (κ2) is 10.6. The van der Waals surface area contributed by atoms with E-state index in [2.05, 4.69) is 5.10 Å². The fourth-order valence-corrected chi connectivity index (χ4v) is 5.47. The summed E-state index contributed by atoms with van der Waals surface area (Å²) < 4.78 is 52.9. The van der Waals surface area contributed by atoms with Crippen LogP contribution in [0.2, 0.25) is 0 Å². The second-order valence-corrected chi connectivity index (χ2v) is 11.0. The molecule has 0 spiro atoms. The van der Waals surface area contributed by atoms with Gasteiger partial charge >= 0.3 is 0 Å². The molecule has 1 saturated heterocycles. The number of hydrogen-bond donors (Lipinski definition) is 0. The van der Waals surface area contributed by atoms with Crippen LogP contribution in [0.25, 0.3) is 0 Å². The van der Waals surface area contributed by atoms with Gasteiger partial charge in [0.25, 0.3) is 10.0 Å². The van der Waals surface area contributed by atoms with Crippen molar-refractivity contribution in [3.63, 3.8) is 0 Å². The lowest BCUT2D eigenvalue weighted by atomic mass is 9.97. The summed E-state index contributed by atoms with van der Waals surface area (Å²) in [5.74, 6) is 1.41. The molecule has 0 radical (unpaired) electrons. The van der Waals surface area contributed by atoms with Crippen LogP contribution in [0, 0.1) is 0 Å². The van der Waals surface area contributed by atoms with Gasteiger partial charge in [-0.15, -0.1) is 0 Å². The molecule has 0 aliphatic carbocycles. The molecule has 0 amide bonds. The zero-order valence-electron chi connectivity index (χ0n) is 21.3. The van der Waals surface area contributed by atoms with Gasteiger partial charge in [0.2, 0.25) is 0 Å². The van der Waals surface area contributed by atoms with Crippen molar-refractivity contribution in [1.29, 1.82) is 0 Å². The van der Waals surface area contributed by atoms with Crippen LogP contribution in [0.1, 0.15) is 36.7 Å². The molecule has 1 aliphatic heterocycles. The van der Waals surface area contributed by atoms with Gasteiger partial charge in [-0.25, -0.2) is 8.42 Å². The topological polar surface area (TPSA) is 92.1 Å². The lowest BCUT2D eigenvalue weighted by Crippen LogP contribution is -2.49. The van der Waals surface area contributed by atoms with Crippen LogP contribution in [0.4, 0.5) is 0 Å². The highest BCUT2D eigenvalue weighted by molar-refractivity contribution is 7.89. The van der Waals surface area contributed by atoms with Gasteiger partial charge in [0.1, 0.15) is 11.5 Å². The van der Waals surface area contributed by atoms with Crippen molar-refractivity contribution < 1.29 is 27.4 Å². The first-order valence-corrected chi connectivity index (χ1v) is 13.2. The molecule has 0 N–H and O–H groups in total. The highest BCUT2D eigenvalue weighted by atomic mass is 32.2. The molecule has 1 fully saturated rings. The number of benzene rings is 2. The lowest BCUT2D eigenvalue weighted by molar-refractivity contribution is -0.206. The monoisotopic (exact) mass is 515 g/mol. The molecule has 4 rings (SSSR count). The second-order valence-electron chi connectivity index (χ2n) is 9.07. The van der Waals surface area contributed by atoms with E-state index in [1.807, 2.05) is 62.4 Å². The summed E-state index contributed by atoms with van der Waals surface area (Å²) in [4.78, 5) is 0. The standard InChI is InChI=1S/C26H33N3O6S/c1-19(2)29-24(26(34-5)17-35-18-26)14-25(27-29)36(30,31)28(15-20-6-10-22(32-3)11-7-20)16-21-8-12-23(33-4)13-9-21/h6-14,19H,15-18H2,1-5H3. The summed E-state index contributed by atoms with van der Waals surface area (Å²) in [5, 5.41) is 4.53. The van der Waals surface area contributed by atoms with Crippen molar-refractivity contribution >= 4 is 10.0 Å². The van der Waals surface area contributed by atoms with E-state index in [1.165, 1.54) is 4.31 Å². The number of hydrogen-bond acceptors (Lipinski definition) is 7. The summed E-state index contributed by atoms with van der Waals surface area (Å²) in [7, 11) is 0.822. The summed E-state index contributed by atoms with van der Waals surface area (Å²) >= 11 is 0. The number of nitrogens with zero attached hydrogens (tertiary/aromatic N) is 3. The van der Waals surface area contributed by atoms with Crippen molar-refractivity contribution in [2.75, 3.05) is 34.5 Å². The Morgan fingerprint density at radius 3 is 1.81 bits per heavy atom. The predicted molar refractivity (Wildman–Crippen MR) is 135 cm³/mol. The molecule has 9 nitrogen and oxygen atoms in total. The fourth-order valence-electron chi connectivity index (χ4n) is 4.12. The molecule has 0 saturated carbocycles. The van der Waals surface area contributed by atoms with Crippen LogP contribution in [-0.4, -0.2) is 57.0 Å². The third-order valence-corrected chi connectivity index (χ3v) is 8.04. The first-order valence-electron chi connectivity index (χ1n) is 11.7. The Morgan fingerprint density at radius 2 is 1.44 bits per heavy atom. The lowest BCUT2D eigenvalue weighted by Gasteiger charge is -2.40. The molecule has 194 valence electrons. The summed E-state index contributed by atoms with van der Waals surface area (Å²) in [5.41, 5.74) is 1.65.